The van der Waals surface area contributed by atoms with E-state index in [1.165, 1.54) is 6.07 Å². The summed E-state index contributed by atoms with van der Waals surface area (Å²) >= 11 is 3.08. The van der Waals surface area contributed by atoms with E-state index < -0.39 is 6.04 Å². The highest BCUT2D eigenvalue weighted by molar-refractivity contribution is 9.10. The Morgan fingerprint density at radius 2 is 2.27 bits per heavy atom. The first-order chi connectivity index (χ1) is 7.08. The number of fused-ring (bicyclic) bond motifs is 1. The number of halogens is 2. The molecule has 1 aromatic carbocycles. The minimum Gasteiger partial charge on any atom is -0.324 e. The standard InChI is InChI=1S/C10H10BrFN2O/c11-6-4-9-5(3-7(6)12)1-2-8(13)10(15)14-9/h3-4,8H,1-2,13H2,(H,14,15). The van der Waals surface area contributed by atoms with E-state index in [-0.39, 0.29) is 11.7 Å². The number of hydrogen-bond acceptors (Lipinski definition) is 2. The van der Waals surface area contributed by atoms with Gasteiger partial charge in [0.1, 0.15) is 5.82 Å². The molecule has 0 radical (unpaired) electrons. The van der Waals surface area contributed by atoms with Gasteiger partial charge in [-0.2, -0.15) is 0 Å². The quantitative estimate of drug-likeness (QED) is 0.757. The molecule has 2 rings (SSSR count). The maximum absolute atomic E-state index is 13.2. The fourth-order valence-electron chi connectivity index (χ4n) is 1.58. The highest BCUT2D eigenvalue weighted by atomic mass is 79.9. The monoisotopic (exact) mass is 272 g/mol. The van der Waals surface area contributed by atoms with Crippen LogP contribution in [0.15, 0.2) is 16.6 Å². The van der Waals surface area contributed by atoms with Crippen molar-refractivity contribution in [3.05, 3.63) is 28.0 Å². The molecule has 0 bridgehead atoms. The highest BCUT2D eigenvalue weighted by Gasteiger charge is 2.21. The number of aryl methyl sites for hydroxylation is 1. The predicted octanol–water partition coefficient (Wildman–Crippen LogP) is 1.80. The van der Waals surface area contributed by atoms with Crippen molar-refractivity contribution in [1.82, 2.24) is 0 Å². The zero-order chi connectivity index (χ0) is 11.0. The molecule has 1 aromatic rings. The molecule has 80 valence electrons. The first kappa shape index (κ1) is 10.6. The lowest BCUT2D eigenvalue weighted by atomic mass is 10.1. The summed E-state index contributed by atoms with van der Waals surface area (Å²) in [5, 5.41) is 2.68. The Bertz CT molecular complexity index is 422. The molecule has 5 heteroatoms. The molecule has 15 heavy (non-hydrogen) atoms. The van der Waals surface area contributed by atoms with E-state index in [1.54, 1.807) is 6.07 Å². The molecule has 3 N–H and O–H groups in total. The SMILES string of the molecule is NC1CCc2cc(F)c(Br)cc2NC1=O. The Kier molecular flexibility index (Phi) is 2.75. The molecule has 3 nitrogen and oxygen atoms in total. The van der Waals surface area contributed by atoms with Crippen LogP contribution in [0.5, 0.6) is 0 Å². The summed E-state index contributed by atoms with van der Waals surface area (Å²) in [4.78, 5) is 11.4. The zero-order valence-electron chi connectivity index (χ0n) is 7.89. The average Bonchev–Trinajstić information content (AvgIpc) is 2.31. The molecule has 1 amide bonds. The lowest BCUT2D eigenvalue weighted by Gasteiger charge is -2.08. The van der Waals surface area contributed by atoms with E-state index in [0.29, 0.717) is 23.0 Å². The number of rotatable bonds is 0. The first-order valence-corrected chi connectivity index (χ1v) is 5.41. The van der Waals surface area contributed by atoms with Crippen molar-refractivity contribution < 1.29 is 9.18 Å². The van der Waals surface area contributed by atoms with Crippen LogP contribution in [-0.2, 0) is 11.2 Å². The van der Waals surface area contributed by atoms with Crippen LogP contribution in [0.3, 0.4) is 0 Å². The Morgan fingerprint density at radius 3 is 3.00 bits per heavy atom. The van der Waals surface area contributed by atoms with Gasteiger partial charge in [0.2, 0.25) is 5.91 Å². The minimum absolute atomic E-state index is 0.216. The average molecular weight is 273 g/mol. The summed E-state index contributed by atoms with van der Waals surface area (Å²) in [5.74, 6) is -0.536. The van der Waals surface area contributed by atoms with Gasteiger partial charge in [0.15, 0.2) is 0 Å². The van der Waals surface area contributed by atoms with Crippen LogP contribution in [0.2, 0.25) is 0 Å². The molecule has 0 saturated carbocycles. The molecule has 1 unspecified atom stereocenters. The lowest BCUT2D eigenvalue weighted by Crippen LogP contribution is -2.34. The van der Waals surface area contributed by atoms with Crippen molar-refractivity contribution in [3.63, 3.8) is 0 Å². The fourth-order valence-corrected chi connectivity index (χ4v) is 1.92. The van der Waals surface area contributed by atoms with E-state index >= 15 is 0 Å². The summed E-state index contributed by atoms with van der Waals surface area (Å²) in [7, 11) is 0. The van der Waals surface area contributed by atoms with Crippen LogP contribution in [0.1, 0.15) is 12.0 Å². The van der Waals surface area contributed by atoms with Crippen LogP contribution < -0.4 is 11.1 Å². The molecular weight excluding hydrogens is 263 g/mol. The van der Waals surface area contributed by atoms with Gasteiger partial charge in [-0.05, 0) is 46.5 Å². The second-order valence-electron chi connectivity index (χ2n) is 3.56. The van der Waals surface area contributed by atoms with Gasteiger partial charge in [0.25, 0.3) is 0 Å². The van der Waals surface area contributed by atoms with Gasteiger partial charge >= 0.3 is 0 Å². The van der Waals surface area contributed by atoms with E-state index in [1.807, 2.05) is 0 Å². The third kappa shape index (κ3) is 2.03. The van der Waals surface area contributed by atoms with Crippen LogP contribution >= 0.6 is 15.9 Å². The highest BCUT2D eigenvalue weighted by Crippen LogP contribution is 2.27. The second kappa shape index (κ2) is 3.90. The summed E-state index contributed by atoms with van der Waals surface area (Å²) in [6, 6.07) is 2.48. The molecule has 0 aliphatic carbocycles. The van der Waals surface area contributed by atoms with Crippen molar-refractivity contribution in [1.29, 1.82) is 0 Å². The molecule has 1 aliphatic rings. The first-order valence-electron chi connectivity index (χ1n) is 4.62. The normalized spacial score (nSPS) is 20.5. The molecule has 1 atom stereocenters. The molecule has 0 spiro atoms. The van der Waals surface area contributed by atoms with Crippen molar-refractivity contribution in [2.45, 2.75) is 18.9 Å². The maximum atomic E-state index is 13.2. The van der Waals surface area contributed by atoms with Gasteiger partial charge in [-0.3, -0.25) is 4.79 Å². The minimum atomic E-state index is -0.515. The summed E-state index contributed by atoms with van der Waals surface area (Å²) in [5.41, 5.74) is 7.05. The van der Waals surface area contributed by atoms with Gasteiger partial charge in [-0.25, -0.2) is 4.39 Å². The van der Waals surface area contributed by atoms with Crippen LogP contribution in [0.4, 0.5) is 10.1 Å². The molecule has 0 aromatic heterocycles. The van der Waals surface area contributed by atoms with Crippen molar-refractivity contribution in [2.75, 3.05) is 5.32 Å². The van der Waals surface area contributed by atoms with E-state index in [9.17, 15) is 9.18 Å². The number of carbonyl (C=O) groups is 1. The molecule has 0 fully saturated rings. The van der Waals surface area contributed by atoms with Crippen LogP contribution in [0.25, 0.3) is 0 Å². The molecule has 1 aliphatic heterocycles. The van der Waals surface area contributed by atoms with Crippen molar-refractivity contribution in [3.8, 4) is 0 Å². The molecule has 1 heterocycles. The van der Waals surface area contributed by atoms with E-state index in [4.69, 9.17) is 5.73 Å². The topological polar surface area (TPSA) is 55.1 Å². The number of hydrogen-bond donors (Lipinski definition) is 2. The van der Waals surface area contributed by atoms with Crippen molar-refractivity contribution >= 4 is 27.5 Å². The van der Waals surface area contributed by atoms with Gasteiger partial charge in [-0.15, -0.1) is 0 Å². The second-order valence-corrected chi connectivity index (χ2v) is 4.41. The lowest BCUT2D eigenvalue weighted by molar-refractivity contribution is -0.117. The largest absolute Gasteiger partial charge is 0.324 e. The molecule has 0 saturated heterocycles. The van der Waals surface area contributed by atoms with Crippen molar-refractivity contribution in [2.24, 2.45) is 5.73 Å². The van der Waals surface area contributed by atoms with E-state index in [0.717, 1.165) is 5.56 Å². The van der Waals surface area contributed by atoms with Gasteiger partial charge < -0.3 is 11.1 Å². The fraction of sp³-hybridized carbons (Fsp3) is 0.300. The number of anilines is 1. The Balaban J connectivity index is 2.43. The third-order valence-electron chi connectivity index (χ3n) is 2.47. The Morgan fingerprint density at radius 1 is 1.53 bits per heavy atom. The summed E-state index contributed by atoms with van der Waals surface area (Å²) in [6.45, 7) is 0. The number of amides is 1. The maximum Gasteiger partial charge on any atom is 0.241 e. The smallest absolute Gasteiger partial charge is 0.241 e. The number of nitrogens with one attached hydrogen (secondary N) is 1. The Labute approximate surface area is 95.0 Å². The van der Waals surface area contributed by atoms with Gasteiger partial charge in [0, 0.05) is 5.69 Å². The predicted molar refractivity (Wildman–Crippen MR) is 59.0 cm³/mol. The van der Waals surface area contributed by atoms with Gasteiger partial charge in [-0.1, -0.05) is 0 Å². The van der Waals surface area contributed by atoms with Crippen LogP contribution in [0, 0.1) is 5.82 Å². The van der Waals surface area contributed by atoms with E-state index in [2.05, 4.69) is 21.2 Å². The number of nitrogens with two attached hydrogens (primary N) is 1. The number of benzene rings is 1. The van der Waals surface area contributed by atoms with Crippen LogP contribution in [-0.4, -0.2) is 11.9 Å². The Hall–Kier alpha value is -0.940. The summed E-state index contributed by atoms with van der Waals surface area (Å²) < 4.78 is 13.6. The van der Waals surface area contributed by atoms with Gasteiger partial charge in [0.05, 0.1) is 10.5 Å². The summed E-state index contributed by atoms with van der Waals surface area (Å²) in [6.07, 6.45) is 1.15. The zero-order valence-corrected chi connectivity index (χ0v) is 9.47. The number of carbonyl (C=O) groups excluding carboxylic acids is 1. The molecular formula is C10H10BrFN2O. The third-order valence-corrected chi connectivity index (χ3v) is 3.07.